The number of ether oxygens (including phenoxy) is 1. The van der Waals surface area contributed by atoms with Crippen LogP contribution >= 0.6 is 0 Å². The Morgan fingerprint density at radius 3 is 2.80 bits per heavy atom. The molecule has 6 nitrogen and oxygen atoms in total. The summed E-state index contributed by atoms with van der Waals surface area (Å²) < 4.78 is 5.70. The van der Waals surface area contributed by atoms with Crippen molar-refractivity contribution < 1.29 is 24.6 Å². The van der Waals surface area contributed by atoms with Gasteiger partial charge in [0.25, 0.3) is 0 Å². The third kappa shape index (κ3) is 3.18. The maximum absolute atomic E-state index is 11.5. The SMILES string of the molecule is C#CCCC(C)C1CC1OC(=O)On1c(O)ccc1O. The standard InChI is InChI=1S/C14H17NO5/c1-3-4-5-9(2)10-8-11(10)19-14(18)20-15-12(16)6-7-13(15)17/h1,6-7,9-11,16-17H,4-5,8H2,2H3. The summed E-state index contributed by atoms with van der Waals surface area (Å²) in [4.78, 5) is 16.2. The highest BCUT2D eigenvalue weighted by Crippen LogP contribution is 2.42. The summed E-state index contributed by atoms with van der Waals surface area (Å²) in [5.41, 5.74) is 0. The number of carbonyl (C=O) groups is 1. The number of hydrogen-bond acceptors (Lipinski definition) is 5. The molecule has 0 saturated heterocycles. The Labute approximate surface area is 116 Å². The Bertz CT molecular complexity index is 511. The fraction of sp³-hybridized carbons (Fsp3) is 0.500. The van der Waals surface area contributed by atoms with Gasteiger partial charge in [-0.2, -0.15) is 0 Å². The molecule has 0 bridgehead atoms. The van der Waals surface area contributed by atoms with E-state index in [9.17, 15) is 15.0 Å². The van der Waals surface area contributed by atoms with Gasteiger partial charge >= 0.3 is 6.16 Å². The van der Waals surface area contributed by atoms with E-state index >= 15 is 0 Å². The average Bonchev–Trinajstić information content (AvgIpc) is 3.11. The summed E-state index contributed by atoms with van der Waals surface area (Å²) in [5, 5.41) is 18.6. The summed E-state index contributed by atoms with van der Waals surface area (Å²) in [7, 11) is 0. The van der Waals surface area contributed by atoms with Crippen LogP contribution in [0.2, 0.25) is 0 Å². The smallest absolute Gasteiger partial charge is 0.492 e. The fourth-order valence-electron chi connectivity index (χ4n) is 2.16. The predicted octanol–water partition coefficient (Wildman–Crippen LogP) is 1.90. The van der Waals surface area contributed by atoms with E-state index < -0.39 is 6.16 Å². The van der Waals surface area contributed by atoms with Gasteiger partial charge in [0.2, 0.25) is 11.8 Å². The second-order valence-corrected chi connectivity index (χ2v) is 4.96. The molecule has 0 spiro atoms. The zero-order valence-electron chi connectivity index (χ0n) is 11.2. The van der Waals surface area contributed by atoms with Crippen LogP contribution in [-0.4, -0.2) is 27.2 Å². The number of nitrogens with zero attached hydrogens (tertiary/aromatic N) is 1. The lowest BCUT2D eigenvalue weighted by molar-refractivity contribution is 0.0264. The first-order valence-corrected chi connectivity index (χ1v) is 6.45. The molecule has 0 aromatic carbocycles. The van der Waals surface area contributed by atoms with Crippen LogP contribution in [0.5, 0.6) is 11.8 Å². The van der Waals surface area contributed by atoms with E-state index in [0.717, 1.165) is 12.8 Å². The molecule has 2 N–H and O–H groups in total. The second-order valence-electron chi connectivity index (χ2n) is 4.96. The van der Waals surface area contributed by atoms with E-state index in [1.54, 1.807) is 0 Å². The maximum Gasteiger partial charge on any atom is 0.534 e. The van der Waals surface area contributed by atoms with Gasteiger partial charge in [-0.25, -0.2) is 4.79 Å². The molecule has 0 radical (unpaired) electrons. The normalized spacial score (nSPS) is 21.8. The molecule has 6 heteroatoms. The van der Waals surface area contributed by atoms with Gasteiger partial charge in [-0.3, -0.25) is 4.84 Å². The van der Waals surface area contributed by atoms with Crippen molar-refractivity contribution >= 4 is 6.16 Å². The van der Waals surface area contributed by atoms with Crippen LogP contribution in [0.25, 0.3) is 0 Å². The van der Waals surface area contributed by atoms with E-state index in [0.29, 0.717) is 23.0 Å². The minimum Gasteiger partial charge on any atom is -0.492 e. The maximum atomic E-state index is 11.5. The van der Waals surface area contributed by atoms with Gasteiger partial charge in [-0.1, -0.05) is 6.92 Å². The van der Waals surface area contributed by atoms with Crippen molar-refractivity contribution in [3.8, 4) is 24.1 Å². The minimum absolute atomic E-state index is 0.185. The summed E-state index contributed by atoms with van der Waals surface area (Å²) in [5.74, 6) is 2.51. The van der Waals surface area contributed by atoms with Crippen molar-refractivity contribution in [1.29, 1.82) is 0 Å². The van der Waals surface area contributed by atoms with E-state index in [1.807, 2.05) is 0 Å². The van der Waals surface area contributed by atoms with Crippen LogP contribution in [0.4, 0.5) is 4.79 Å². The molecule has 0 amide bonds. The van der Waals surface area contributed by atoms with E-state index in [4.69, 9.17) is 16.0 Å². The molecule has 20 heavy (non-hydrogen) atoms. The van der Waals surface area contributed by atoms with Gasteiger partial charge in [-0.15, -0.1) is 17.1 Å². The summed E-state index contributed by atoms with van der Waals surface area (Å²) in [6.45, 7) is 2.07. The molecular weight excluding hydrogens is 262 g/mol. The summed E-state index contributed by atoms with van der Waals surface area (Å²) >= 11 is 0. The van der Waals surface area contributed by atoms with Crippen LogP contribution in [0, 0.1) is 24.2 Å². The van der Waals surface area contributed by atoms with Crippen molar-refractivity contribution in [3.05, 3.63) is 12.1 Å². The topological polar surface area (TPSA) is 80.9 Å². The van der Waals surface area contributed by atoms with Gasteiger partial charge in [-0.05, 0) is 18.8 Å². The summed E-state index contributed by atoms with van der Waals surface area (Å²) in [6, 6.07) is 2.40. The molecular formula is C14H17NO5. The van der Waals surface area contributed by atoms with Gasteiger partial charge in [0, 0.05) is 24.5 Å². The molecule has 3 atom stereocenters. The molecule has 1 aromatic heterocycles. The minimum atomic E-state index is -0.955. The summed E-state index contributed by atoms with van der Waals surface area (Å²) in [6.07, 6.45) is 6.46. The quantitative estimate of drug-likeness (QED) is 0.635. The van der Waals surface area contributed by atoms with E-state index in [2.05, 4.69) is 12.8 Å². The molecule has 108 valence electrons. The Hall–Kier alpha value is -2.29. The predicted molar refractivity (Wildman–Crippen MR) is 69.9 cm³/mol. The molecule has 1 aliphatic carbocycles. The van der Waals surface area contributed by atoms with Gasteiger partial charge in [0.05, 0.1) is 0 Å². The first-order chi connectivity index (χ1) is 9.52. The zero-order chi connectivity index (χ0) is 14.7. The van der Waals surface area contributed by atoms with Crippen LogP contribution < -0.4 is 4.84 Å². The molecule has 1 saturated carbocycles. The van der Waals surface area contributed by atoms with E-state index in [-0.39, 0.29) is 17.9 Å². The Morgan fingerprint density at radius 1 is 1.55 bits per heavy atom. The van der Waals surface area contributed by atoms with Crippen LogP contribution in [0.1, 0.15) is 26.2 Å². The van der Waals surface area contributed by atoms with Crippen LogP contribution in [-0.2, 0) is 4.74 Å². The zero-order valence-corrected chi connectivity index (χ0v) is 11.2. The average molecular weight is 279 g/mol. The Morgan fingerprint density at radius 2 is 2.20 bits per heavy atom. The fourth-order valence-corrected chi connectivity index (χ4v) is 2.16. The lowest BCUT2D eigenvalue weighted by Gasteiger charge is -2.10. The first kappa shape index (κ1) is 14.1. The molecule has 1 aliphatic rings. The van der Waals surface area contributed by atoms with Crippen molar-refractivity contribution in [2.75, 3.05) is 0 Å². The highest BCUT2D eigenvalue weighted by Gasteiger charge is 2.44. The van der Waals surface area contributed by atoms with Crippen LogP contribution in [0.3, 0.4) is 0 Å². The lowest BCUT2D eigenvalue weighted by Crippen LogP contribution is -2.22. The van der Waals surface area contributed by atoms with Crippen molar-refractivity contribution in [1.82, 2.24) is 4.73 Å². The Balaban J connectivity index is 1.79. The molecule has 2 rings (SSSR count). The Kier molecular flexibility index (Phi) is 4.08. The number of hydrogen-bond donors (Lipinski definition) is 2. The van der Waals surface area contributed by atoms with Crippen LogP contribution in [0.15, 0.2) is 12.1 Å². The van der Waals surface area contributed by atoms with Crippen molar-refractivity contribution in [2.45, 2.75) is 32.3 Å². The number of aromatic nitrogens is 1. The number of carbonyl (C=O) groups excluding carboxylic acids is 1. The molecule has 3 unspecified atom stereocenters. The molecule has 1 heterocycles. The first-order valence-electron chi connectivity index (χ1n) is 6.45. The van der Waals surface area contributed by atoms with E-state index in [1.165, 1.54) is 12.1 Å². The highest BCUT2D eigenvalue weighted by molar-refractivity contribution is 5.61. The monoisotopic (exact) mass is 279 g/mol. The third-order valence-corrected chi connectivity index (χ3v) is 3.46. The molecule has 1 fully saturated rings. The second kappa shape index (κ2) is 5.78. The van der Waals surface area contributed by atoms with Gasteiger partial charge in [0.15, 0.2) is 0 Å². The number of aromatic hydroxyl groups is 2. The highest BCUT2D eigenvalue weighted by atomic mass is 16.8. The molecule has 1 aromatic rings. The van der Waals surface area contributed by atoms with Crippen molar-refractivity contribution in [3.63, 3.8) is 0 Å². The molecule has 0 aliphatic heterocycles. The number of rotatable bonds is 5. The lowest BCUT2D eigenvalue weighted by atomic mass is 10.0. The van der Waals surface area contributed by atoms with Crippen molar-refractivity contribution in [2.24, 2.45) is 11.8 Å². The third-order valence-electron chi connectivity index (χ3n) is 3.46. The van der Waals surface area contributed by atoms with Gasteiger partial charge in [0.1, 0.15) is 6.10 Å². The largest absolute Gasteiger partial charge is 0.534 e. The number of terminal acetylenes is 1. The van der Waals surface area contributed by atoms with Gasteiger partial charge < -0.3 is 14.9 Å².